The van der Waals surface area contributed by atoms with Crippen LogP contribution < -0.4 is 9.08 Å². The minimum absolute atomic E-state index is 0.0518. The van der Waals surface area contributed by atoms with E-state index in [9.17, 15) is 18.0 Å². The fraction of sp³-hybridized carbons (Fsp3) is 0.333. The van der Waals surface area contributed by atoms with E-state index in [1.165, 1.54) is 29.2 Å². The summed E-state index contributed by atoms with van der Waals surface area (Å²) in [6, 6.07) is 13.9. The minimum Gasteiger partial charge on any atom is -0.379 e. The number of rotatable bonds is 4. The summed E-state index contributed by atoms with van der Waals surface area (Å²) < 4.78 is 29.9. The number of carbonyl (C=O) groups excluding carboxylic acids is 2. The smallest absolute Gasteiger partial charge is 0.339 e. The monoisotopic (exact) mass is 553 g/mol. The third kappa shape index (κ3) is 2.97. The van der Waals surface area contributed by atoms with Crippen LogP contribution in [0.3, 0.4) is 0 Å². The normalized spacial score (nSPS) is 32.5. The van der Waals surface area contributed by atoms with Gasteiger partial charge in [0.25, 0.3) is 0 Å². The van der Waals surface area contributed by atoms with Crippen molar-refractivity contribution in [1.82, 2.24) is 0 Å². The zero-order chi connectivity index (χ0) is 21.2. The first-order chi connectivity index (χ1) is 14.3. The van der Waals surface area contributed by atoms with Gasteiger partial charge in [-0.05, 0) is 54.7 Å². The molecule has 2 aromatic carbocycles. The van der Waals surface area contributed by atoms with Crippen LogP contribution in [-0.4, -0.2) is 29.9 Å². The number of imide groups is 1. The van der Waals surface area contributed by atoms with Gasteiger partial charge >= 0.3 is 10.1 Å². The van der Waals surface area contributed by atoms with Crippen LogP contribution in [0, 0.1) is 23.7 Å². The molecule has 2 amide bonds. The van der Waals surface area contributed by atoms with Gasteiger partial charge in [-0.2, -0.15) is 8.42 Å². The average Bonchev–Trinajstić information content (AvgIpc) is 3.34. The number of hydrogen-bond donors (Lipinski definition) is 0. The van der Waals surface area contributed by atoms with Crippen LogP contribution in [0.4, 0.5) is 5.69 Å². The van der Waals surface area contributed by atoms with Crippen molar-refractivity contribution in [1.29, 1.82) is 0 Å². The minimum atomic E-state index is -3.96. The van der Waals surface area contributed by atoms with Crippen LogP contribution in [0.2, 0.25) is 0 Å². The Balaban J connectivity index is 1.38. The standard InChI is InChI=1S/C21H17Br2NO5S/c22-18-14-10-15(19(18)23)17-16(14)20(25)24(21(17)26)11-6-8-12(9-7-11)29-30(27,28)13-4-2-1-3-5-13/h1-9,14-19H,10H2/t14-,15-,16-,17-,18-,19+/m0/s1. The molecule has 0 unspecified atom stereocenters. The molecule has 3 aliphatic rings. The van der Waals surface area contributed by atoms with E-state index in [-0.39, 0.29) is 55.8 Å². The van der Waals surface area contributed by atoms with Crippen molar-refractivity contribution in [2.24, 2.45) is 23.7 Å². The summed E-state index contributed by atoms with van der Waals surface area (Å²) in [4.78, 5) is 27.8. The molecule has 9 heteroatoms. The van der Waals surface area contributed by atoms with E-state index in [0.717, 1.165) is 6.42 Å². The zero-order valence-corrected chi connectivity index (χ0v) is 19.5. The van der Waals surface area contributed by atoms with Gasteiger partial charge in [-0.3, -0.25) is 14.5 Å². The molecule has 0 aromatic heterocycles. The predicted octanol–water partition coefficient (Wildman–Crippen LogP) is 3.74. The van der Waals surface area contributed by atoms with Gasteiger partial charge in [0, 0.05) is 9.65 Å². The number of amides is 2. The SMILES string of the molecule is O=C1[C@H]2[C@@H]3C[C@H]([C@@H](Br)[C@H]3Br)[C@@H]2C(=O)N1c1ccc(OS(=O)(=O)c2ccccc2)cc1. The first-order valence-electron chi connectivity index (χ1n) is 9.55. The lowest BCUT2D eigenvalue weighted by atomic mass is 9.81. The summed E-state index contributed by atoms with van der Waals surface area (Å²) >= 11 is 7.35. The van der Waals surface area contributed by atoms with Crippen LogP contribution in [0.15, 0.2) is 59.5 Å². The Morgan fingerprint density at radius 1 is 0.833 bits per heavy atom. The highest BCUT2D eigenvalue weighted by atomic mass is 79.9. The summed E-state index contributed by atoms with van der Waals surface area (Å²) in [6.07, 6.45) is 0.872. The van der Waals surface area contributed by atoms with E-state index < -0.39 is 10.1 Å². The van der Waals surface area contributed by atoms with E-state index in [4.69, 9.17) is 4.18 Å². The topological polar surface area (TPSA) is 80.8 Å². The third-order valence-electron chi connectivity index (χ3n) is 6.32. The lowest BCUT2D eigenvalue weighted by molar-refractivity contribution is -0.123. The number of alkyl halides is 2. The predicted molar refractivity (Wildman–Crippen MR) is 117 cm³/mol. The average molecular weight is 555 g/mol. The summed E-state index contributed by atoms with van der Waals surface area (Å²) in [5.41, 5.74) is 0.431. The number of hydrogen-bond acceptors (Lipinski definition) is 5. The maximum Gasteiger partial charge on any atom is 0.339 e. The Hall–Kier alpha value is -1.71. The van der Waals surface area contributed by atoms with Crippen LogP contribution in [0.1, 0.15) is 6.42 Å². The van der Waals surface area contributed by atoms with Gasteiger partial charge in [0.1, 0.15) is 10.6 Å². The molecule has 2 aromatic rings. The van der Waals surface area contributed by atoms with Gasteiger partial charge in [-0.15, -0.1) is 0 Å². The second-order valence-corrected chi connectivity index (χ2v) is 11.5. The molecule has 3 fully saturated rings. The van der Waals surface area contributed by atoms with Gasteiger partial charge in [-0.1, -0.05) is 50.1 Å². The van der Waals surface area contributed by atoms with E-state index in [1.54, 1.807) is 30.3 Å². The maximum atomic E-state index is 13.1. The van der Waals surface area contributed by atoms with Crippen LogP contribution >= 0.6 is 31.9 Å². The first kappa shape index (κ1) is 20.2. The number of anilines is 1. The van der Waals surface area contributed by atoms with Crippen LogP contribution in [-0.2, 0) is 19.7 Å². The van der Waals surface area contributed by atoms with Gasteiger partial charge in [0.15, 0.2) is 0 Å². The molecule has 30 heavy (non-hydrogen) atoms. The first-order valence-corrected chi connectivity index (χ1v) is 12.8. The molecule has 0 spiro atoms. The molecule has 6 nitrogen and oxygen atoms in total. The second kappa shape index (κ2) is 7.17. The highest BCUT2D eigenvalue weighted by Crippen LogP contribution is 2.60. The number of halogens is 2. The van der Waals surface area contributed by atoms with Crippen molar-refractivity contribution in [3.8, 4) is 5.75 Å². The quantitative estimate of drug-likeness (QED) is 0.327. The van der Waals surface area contributed by atoms with Crippen LogP contribution in [0.25, 0.3) is 0 Å². The molecule has 2 bridgehead atoms. The molecule has 156 valence electrons. The summed E-state index contributed by atoms with van der Waals surface area (Å²) in [7, 11) is -3.96. The van der Waals surface area contributed by atoms with Crippen molar-refractivity contribution in [3.05, 3.63) is 54.6 Å². The van der Waals surface area contributed by atoms with E-state index in [2.05, 4.69) is 31.9 Å². The Kier molecular flexibility index (Phi) is 4.83. The highest BCUT2D eigenvalue weighted by Gasteiger charge is 2.66. The highest BCUT2D eigenvalue weighted by molar-refractivity contribution is 9.12. The van der Waals surface area contributed by atoms with Crippen molar-refractivity contribution in [2.45, 2.75) is 21.0 Å². The molecule has 0 radical (unpaired) electrons. The van der Waals surface area contributed by atoms with Gasteiger partial charge in [0.2, 0.25) is 11.8 Å². The zero-order valence-electron chi connectivity index (χ0n) is 15.5. The molecule has 1 aliphatic heterocycles. The number of carbonyl (C=O) groups is 2. The summed E-state index contributed by atoms with van der Waals surface area (Å²) in [5.74, 6) is -0.541. The second-order valence-electron chi connectivity index (χ2n) is 7.86. The number of benzene rings is 2. The Bertz CT molecular complexity index is 1090. The summed E-state index contributed by atoms with van der Waals surface area (Å²) in [5, 5.41) is 0. The Morgan fingerprint density at radius 2 is 1.37 bits per heavy atom. The van der Waals surface area contributed by atoms with Crippen LogP contribution in [0.5, 0.6) is 5.75 Å². The van der Waals surface area contributed by atoms with Crippen molar-refractivity contribution in [2.75, 3.05) is 4.90 Å². The number of fused-ring (bicyclic) bond motifs is 5. The lowest BCUT2D eigenvalue weighted by Gasteiger charge is -2.28. The molecule has 2 aliphatic carbocycles. The van der Waals surface area contributed by atoms with E-state index in [1.807, 2.05) is 0 Å². The van der Waals surface area contributed by atoms with Crippen molar-refractivity contribution < 1.29 is 22.2 Å². The lowest BCUT2D eigenvalue weighted by Crippen LogP contribution is -2.37. The largest absolute Gasteiger partial charge is 0.379 e. The Labute approximate surface area is 191 Å². The van der Waals surface area contributed by atoms with Gasteiger partial charge < -0.3 is 4.18 Å². The van der Waals surface area contributed by atoms with Crippen molar-refractivity contribution in [3.63, 3.8) is 0 Å². The molecule has 1 saturated heterocycles. The third-order valence-corrected chi connectivity index (χ3v) is 10.8. The Morgan fingerprint density at radius 3 is 1.90 bits per heavy atom. The maximum absolute atomic E-state index is 13.1. The van der Waals surface area contributed by atoms with E-state index >= 15 is 0 Å². The fourth-order valence-electron chi connectivity index (χ4n) is 5.02. The molecular weight excluding hydrogens is 538 g/mol. The van der Waals surface area contributed by atoms with E-state index in [0.29, 0.717) is 5.69 Å². The van der Waals surface area contributed by atoms with Gasteiger partial charge in [-0.25, -0.2) is 0 Å². The van der Waals surface area contributed by atoms with Gasteiger partial charge in [0.05, 0.1) is 17.5 Å². The molecule has 0 N–H and O–H groups in total. The molecule has 6 atom stereocenters. The molecule has 2 saturated carbocycles. The summed E-state index contributed by atoms with van der Waals surface area (Å²) in [6.45, 7) is 0. The van der Waals surface area contributed by atoms with Crippen molar-refractivity contribution >= 4 is 59.5 Å². The molecule has 1 heterocycles. The number of nitrogens with zero attached hydrogens (tertiary/aromatic N) is 1. The fourth-order valence-corrected chi connectivity index (χ4v) is 7.84. The molecule has 5 rings (SSSR count). The molecular formula is C21H17Br2NO5S.